The van der Waals surface area contributed by atoms with Gasteiger partial charge in [0.05, 0.1) is 17.4 Å². The number of nitrogens with zero attached hydrogens (tertiary/aromatic N) is 2. The number of rotatable bonds is 5. The van der Waals surface area contributed by atoms with Crippen molar-refractivity contribution in [3.63, 3.8) is 0 Å². The number of amidine groups is 1. The maximum absolute atomic E-state index is 13.0. The molecule has 2 heterocycles. The first kappa shape index (κ1) is 23.2. The molecule has 1 unspecified atom stereocenters. The monoisotopic (exact) mass is 490 g/mol. The number of carbonyl (C=O) groups excluding carboxylic acids is 1. The summed E-state index contributed by atoms with van der Waals surface area (Å²) in [6, 6.07) is 11.7. The van der Waals surface area contributed by atoms with Crippen molar-refractivity contribution in [3.05, 3.63) is 53.6 Å². The van der Waals surface area contributed by atoms with Crippen LogP contribution >= 0.6 is 0 Å². The predicted octanol–water partition coefficient (Wildman–Crippen LogP) is 2.56. The Morgan fingerprint density at radius 1 is 1.21 bits per heavy atom. The lowest BCUT2D eigenvalue weighted by atomic mass is 9.96. The lowest BCUT2D eigenvalue weighted by Crippen LogP contribution is -2.43. The standard InChI is InChI=1S/C22H26N4O5S2/c1-3-32(28,29)24-19-11-10-17(13-15(19)2)23-22(27)16-7-6-12-26(14-16)21-18-8-4-5-9-20(18)33(30,31)25-21/h4-5,8-11,13,16,24H,3,6-7,12,14H2,1-2H3,(H,23,27). The van der Waals surface area contributed by atoms with Gasteiger partial charge in [-0.2, -0.15) is 8.42 Å². The number of hydrogen-bond donors (Lipinski definition) is 2. The van der Waals surface area contributed by atoms with E-state index >= 15 is 0 Å². The summed E-state index contributed by atoms with van der Waals surface area (Å²) in [5.74, 6) is -0.141. The number of fused-ring (bicyclic) bond motifs is 1. The van der Waals surface area contributed by atoms with Gasteiger partial charge in [-0.3, -0.25) is 9.52 Å². The van der Waals surface area contributed by atoms with E-state index in [4.69, 9.17) is 0 Å². The minimum atomic E-state index is -3.72. The highest BCUT2D eigenvalue weighted by Crippen LogP contribution is 2.30. The highest BCUT2D eigenvalue weighted by molar-refractivity contribution is 7.92. The van der Waals surface area contributed by atoms with Crippen LogP contribution in [0.25, 0.3) is 0 Å². The van der Waals surface area contributed by atoms with Crippen molar-refractivity contribution < 1.29 is 21.6 Å². The van der Waals surface area contributed by atoms with Gasteiger partial charge in [0, 0.05) is 24.3 Å². The smallest absolute Gasteiger partial charge is 0.285 e. The second kappa shape index (κ2) is 8.79. The molecule has 176 valence electrons. The van der Waals surface area contributed by atoms with Crippen LogP contribution in [0.15, 0.2) is 51.8 Å². The molecule has 0 saturated carbocycles. The molecule has 1 saturated heterocycles. The van der Waals surface area contributed by atoms with Gasteiger partial charge in [-0.25, -0.2) is 8.42 Å². The van der Waals surface area contributed by atoms with Crippen LogP contribution in [0, 0.1) is 12.8 Å². The van der Waals surface area contributed by atoms with Crippen LogP contribution in [0.2, 0.25) is 0 Å². The second-order valence-electron chi connectivity index (χ2n) is 8.20. The van der Waals surface area contributed by atoms with Gasteiger partial charge >= 0.3 is 0 Å². The largest absolute Gasteiger partial charge is 0.355 e. The lowest BCUT2D eigenvalue weighted by Gasteiger charge is -2.33. The Morgan fingerprint density at radius 3 is 2.70 bits per heavy atom. The van der Waals surface area contributed by atoms with E-state index in [0.717, 1.165) is 6.42 Å². The molecule has 0 bridgehead atoms. The maximum atomic E-state index is 13.0. The normalized spacial score (nSPS) is 19.5. The van der Waals surface area contributed by atoms with E-state index in [2.05, 4.69) is 14.4 Å². The van der Waals surface area contributed by atoms with E-state index < -0.39 is 20.0 Å². The third kappa shape index (κ3) is 4.88. The molecule has 1 atom stereocenters. The van der Waals surface area contributed by atoms with Crippen molar-refractivity contribution in [1.29, 1.82) is 0 Å². The molecule has 2 aromatic rings. The lowest BCUT2D eigenvalue weighted by molar-refractivity contribution is -0.121. The van der Waals surface area contributed by atoms with E-state index in [9.17, 15) is 21.6 Å². The molecule has 0 aromatic heterocycles. The Morgan fingerprint density at radius 2 is 1.97 bits per heavy atom. The first-order chi connectivity index (χ1) is 15.6. The summed E-state index contributed by atoms with van der Waals surface area (Å²) in [5, 5.41) is 2.90. The fourth-order valence-corrected chi connectivity index (χ4v) is 5.98. The number of anilines is 2. The molecule has 9 nitrogen and oxygen atoms in total. The molecule has 4 rings (SSSR count). The Hall–Kier alpha value is -2.92. The van der Waals surface area contributed by atoms with Crippen LogP contribution in [-0.2, 0) is 24.8 Å². The Balaban J connectivity index is 1.47. The summed E-state index contributed by atoms with van der Waals surface area (Å²) >= 11 is 0. The molecule has 2 aliphatic rings. The van der Waals surface area contributed by atoms with Crippen molar-refractivity contribution in [1.82, 2.24) is 4.90 Å². The molecule has 2 aliphatic heterocycles. The van der Waals surface area contributed by atoms with Gasteiger partial charge < -0.3 is 10.2 Å². The van der Waals surface area contributed by atoms with Gasteiger partial charge in [0.2, 0.25) is 15.9 Å². The fourth-order valence-electron chi connectivity index (χ4n) is 4.04. The first-order valence-corrected chi connectivity index (χ1v) is 13.8. The Kier molecular flexibility index (Phi) is 6.19. The van der Waals surface area contributed by atoms with Crippen LogP contribution in [0.4, 0.5) is 11.4 Å². The quantitative estimate of drug-likeness (QED) is 0.664. The molecular formula is C22H26N4O5S2. The van der Waals surface area contributed by atoms with Crippen molar-refractivity contribution in [2.75, 3.05) is 28.9 Å². The molecule has 11 heteroatoms. The highest BCUT2D eigenvalue weighted by atomic mass is 32.2. The fraction of sp³-hybridized carbons (Fsp3) is 0.364. The summed E-state index contributed by atoms with van der Waals surface area (Å²) in [6.45, 7) is 4.31. The van der Waals surface area contributed by atoms with Gasteiger partial charge in [0.25, 0.3) is 10.0 Å². The zero-order chi connectivity index (χ0) is 23.8. The van der Waals surface area contributed by atoms with Gasteiger partial charge in [-0.05, 0) is 62.6 Å². The first-order valence-electron chi connectivity index (χ1n) is 10.7. The predicted molar refractivity (Wildman–Crippen MR) is 127 cm³/mol. The number of sulfonamides is 2. The van der Waals surface area contributed by atoms with E-state index in [1.54, 1.807) is 56.3 Å². The maximum Gasteiger partial charge on any atom is 0.285 e. The van der Waals surface area contributed by atoms with Crippen molar-refractivity contribution in [3.8, 4) is 0 Å². The zero-order valence-corrected chi connectivity index (χ0v) is 20.0. The number of benzene rings is 2. The Labute approximate surface area is 194 Å². The SMILES string of the molecule is CCS(=O)(=O)Nc1ccc(NC(=O)C2CCCN(C3=NS(=O)(=O)c4ccccc43)C2)cc1C. The number of amides is 1. The van der Waals surface area contributed by atoms with Gasteiger partial charge in [-0.1, -0.05) is 12.1 Å². The molecule has 33 heavy (non-hydrogen) atoms. The number of piperidine rings is 1. The molecule has 2 N–H and O–H groups in total. The van der Waals surface area contributed by atoms with Crippen LogP contribution in [-0.4, -0.2) is 52.3 Å². The van der Waals surface area contributed by atoms with Crippen LogP contribution < -0.4 is 10.0 Å². The molecule has 2 aromatic carbocycles. The number of nitrogens with one attached hydrogen (secondary N) is 2. The van der Waals surface area contributed by atoms with E-state index in [1.807, 2.05) is 4.90 Å². The minimum absolute atomic E-state index is 0.0276. The summed E-state index contributed by atoms with van der Waals surface area (Å²) in [4.78, 5) is 15.0. The minimum Gasteiger partial charge on any atom is -0.355 e. The summed E-state index contributed by atoms with van der Waals surface area (Å²) in [7, 11) is -7.11. The van der Waals surface area contributed by atoms with Gasteiger partial charge in [0.1, 0.15) is 4.90 Å². The average molecular weight is 491 g/mol. The molecule has 0 aliphatic carbocycles. The van der Waals surface area contributed by atoms with Gasteiger partial charge in [-0.15, -0.1) is 4.40 Å². The number of aryl methyl sites for hydroxylation is 1. The third-order valence-electron chi connectivity index (χ3n) is 5.84. The molecule has 1 amide bonds. The number of hydrogen-bond acceptors (Lipinski definition) is 6. The van der Waals surface area contributed by atoms with Crippen molar-refractivity contribution in [2.45, 2.75) is 31.6 Å². The second-order valence-corrected chi connectivity index (χ2v) is 11.8. The molecule has 0 spiro atoms. The van der Waals surface area contributed by atoms with Crippen LogP contribution in [0.3, 0.4) is 0 Å². The molecule has 0 radical (unpaired) electrons. The summed E-state index contributed by atoms with van der Waals surface area (Å²) in [5.41, 5.74) is 2.30. The highest BCUT2D eigenvalue weighted by Gasteiger charge is 2.35. The van der Waals surface area contributed by atoms with Crippen LogP contribution in [0.1, 0.15) is 30.9 Å². The van der Waals surface area contributed by atoms with E-state index in [1.165, 1.54) is 0 Å². The summed E-state index contributed by atoms with van der Waals surface area (Å²) < 4.78 is 54.9. The summed E-state index contributed by atoms with van der Waals surface area (Å²) in [6.07, 6.45) is 1.41. The Bertz CT molecular complexity index is 1340. The van der Waals surface area contributed by atoms with Gasteiger partial charge in [0.15, 0.2) is 5.84 Å². The van der Waals surface area contributed by atoms with E-state index in [0.29, 0.717) is 47.8 Å². The molecule has 1 fully saturated rings. The third-order valence-corrected chi connectivity index (χ3v) is 8.46. The number of carbonyl (C=O) groups is 1. The molecular weight excluding hydrogens is 464 g/mol. The van der Waals surface area contributed by atoms with Crippen molar-refractivity contribution >= 4 is 43.2 Å². The topological polar surface area (TPSA) is 125 Å². The number of likely N-dealkylation sites (tertiary alicyclic amines) is 1. The average Bonchev–Trinajstić information content (AvgIpc) is 3.07. The zero-order valence-electron chi connectivity index (χ0n) is 18.4. The van der Waals surface area contributed by atoms with Crippen LogP contribution in [0.5, 0.6) is 0 Å². The van der Waals surface area contributed by atoms with E-state index in [-0.39, 0.29) is 22.5 Å². The van der Waals surface area contributed by atoms with Crippen molar-refractivity contribution in [2.24, 2.45) is 10.3 Å².